The Kier molecular flexibility index (Phi) is 10.8. The summed E-state index contributed by atoms with van der Waals surface area (Å²) in [5.41, 5.74) is -0.788. The molecule has 1 N–H and O–H groups in total. The molecule has 1 aliphatic heterocycles. The van der Waals surface area contributed by atoms with Crippen LogP contribution in [0.1, 0.15) is 54.9 Å². The number of alkyl halides is 3. The predicted molar refractivity (Wildman–Crippen MR) is 155 cm³/mol. The number of hydrogen-bond acceptors (Lipinski definition) is 7. The second-order valence-electron chi connectivity index (χ2n) is 10.1. The summed E-state index contributed by atoms with van der Waals surface area (Å²) in [7, 11) is 0. The first kappa shape index (κ1) is 31.7. The number of aliphatic carboxylic acids is 1. The van der Waals surface area contributed by atoms with Crippen LogP contribution >= 0.6 is 22.9 Å². The first-order valence-electron chi connectivity index (χ1n) is 13.7. The molecule has 0 unspecified atom stereocenters. The third kappa shape index (κ3) is 8.20. The summed E-state index contributed by atoms with van der Waals surface area (Å²) in [6.45, 7) is 4.44. The van der Waals surface area contributed by atoms with Gasteiger partial charge in [0.15, 0.2) is 0 Å². The summed E-state index contributed by atoms with van der Waals surface area (Å²) in [5, 5.41) is 17.6. The van der Waals surface area contributed by atoms with Gasteiger partial charge in [-0.2, -0.15) is 13.2 Å². The Hall–Kier alpha value is -3.22. The van der Waals surface area contributed by atoms with Gasteiger partial charge in [-0.3, -0.25) is 19.4 Å². The van der Waals surface area contributed by atoms with Crippen molar-refractivity contribution in [1.29, 1.82) is 0 Å². The Morgan fingerprint density at radius 1 is 1.17 bits per heavy atom. The highest BCUT2D eigenvalue weighted by atomic mass is 35.5. The molecule has 1 fully saturated rings. The number of piperidine rings is 1. The van der Waals surface area contributed by atoms with E-state index in [1.54, 1.807) is 24.3 Å². The minimum atomic E-state index is -4.68. The van der Waals surface area contributed by atoms with Crippen LogP contribution < -0.4 is 9.64 Å². The zero-order chi connectivity index (χ0) is 30.3. The summed E-state index contributed by atoms with van der Waals surface area (Å²) < 4.78 is 48.1. The maximum Gasteiger partial charge on any atom is 0.417 e. The fourth-order valence-corrected chi connectivity index (χ4v) is 5.93. The van der Waals surface area contributed by atoms with Gasteiger partial charge >= 0.3 is 12.1 Å². The number of carboxylic acids is 1. The molecule has 1 saturated heterocycles. The van der Waals surface area contributed by atoms with Crippen LogP contribution in [-0.2, 0) is 11.0 Å². The van der Waals surface area contributed by atoms with Crippen molar-refractivity contribution in [2.24, 2.45) is 5.92 Å². The van der Waals surface area contributed by atoms with Crippen LogP contribution in [0.25, 0.3) is 10.6 Å². The van der Waals surface area contributed by atoms with Crippen LogP contribution in [0.4, 0.5) is 18.3 Å². The van der Waals surface area contributed by atoms with Crippen LogP contribution in [-0.4, -0.2) is 64.9 Å². The number of amides is 1. The number of nitrogens with zero attached hydrogens (tertiary/aromatic N) is 4. The van der Waals surface area contributed by atoms with Gasteiger partial charge in [0.1, 0.15) is 17.4 Å². The molecule has 0 bridgehead atoms. The van der Waals surface area contributed by atoms with E-state index in [2.05, 4.69) is 15.1 Å². The van der Waals surface area contributed by atoms with E-state index in [1.165, 1.54) is 17.0 Å². The van der Waals surface area contributed by atoms with Crippen LogP contribution in [0, 0.1) is 5.92 Å². The van der Waals surface area contributed by atoms with Gasteiger partial charge in [-0.15, -0.1) is 10.2 Å². The van der Waals surface area contributed by atoms with Crippen molar-refractivity contribution in [3.63, 3.8) is 0 Å². The summed E-state index contributed by atoms with van der Waals surface area (Å²) in [6.07, 6.45) is -1.54. The highest BCUT2D eigenvalue weighted by molar-refractivity contribution is 7.18. The number of unbranched alkanes of at least 4 members (excludes halogenated alkanes) is 1. The lowest BCUT2D eigenvalue weighted by molar-refractivity contribution is -0.138. The van der Waals surface area contributed by atoms with E-state index >= 15 is 0 Å². The van der Waals surface area contributed by atoms with Gasteiger partial charge in [0.25, 0.3) is 5.91 Å². The van der Waals surface area contributed by atoms with E-state index in [0.29, 0.717) is 19.5 Å². The topological polar surface area (TPSA) is 95.9 Å². The maximum absolute atomic E-state index is 14.2. The third-order valence-electron chi connectivity index (χ3n) is 7.10. The molecule has 42 heavy (non-hydrogen) atoms. The lowest BCUT2D eigenvalue weighted by Gasteiger charge is -2.31. The average molecular weight is 625 g/mol. The van der Waals surface area contributed by atoms with Crippen LogP contribution in [0.5, 0.6) is 5.75 Å². The van der Waals surface area contributed by atoms with Crippen LogP contribution in [0.3, 0.4) is 0 Å². The Morgan fingerprint density at radius 2 is 1.90 bits per heavy atom. The molecule has 3 aromatic rings. The molecule has 1 amide bonds. The number of likely N-dealkylation sites (tertiary alicyclic amines) is 1. The lowest BCUT2D eigenvalue weighted by atomic mass is 9.94. The monoisotopic (exact) mass is 624 g/mol. The predicted octanol–water partition coefficient (Wildman–Crippen LogP) is 6.89. The number of carboxylic acid groups (broad SMARTS) is 1. The Bertz CT molecular complexity index is 1380. The van der Waals surface area contributed by atoms with E-state index in [4.69, 9.17) is 21.4 Å². The zero-order valence-electron chi connectivity index (χ0n) is 23.1. The largest absolute Gasteiger partial charge is 0.492 e. The minimum Gasteiger partial charge on any atom is -0.492 e. The second-order valence-corrected chi connectivity index (χ2v) is 11.5. The molecule has 1 aromatic heterocycles. The van der Waals surface area contributed by atoms with Crippen molar-refractivity contribution in [2.45, 2.75) is 45.2 Å². The van der Waals surface area contributed by atoms with Crippen molar-refractivity contribution < 1.29 is 32.6 Å². The van der Waals surface area contributed by atoms with Gasteiger partial charge in [0, 0.05) is 25.1 Å². The molecule has 226 valence electrons. The molecule has 4 rings (SSSR count). The van der Waals surface area contributed by atoms with Gasteiger partial charge in [0.2, 0.25) is 5.13 Å². The number of rotatable bonds is 12. The van der Waals surface area contributed by atoms with Crippen molar-refractivity contribution in [3.05, 3.63) is 58.6 Å². The molecule has 0 radical (unpaired) electrons. The number of halogens is 4. The molecule has 1 aliphatic rings. The maximum atomic E-state index is 14.2. The van der Waals surface area contributed by atoms with Crippen molar-refractivity contribution >= 4 is 39.9 Å². The van der Waals surface area contributed by atoms with Crippen LogP contribution in [0.2, 0.25) is 5.02 Å². The Labute approximate surface area is 251 Å². The summed E-state index contributed by atoms with van der Waals surface area (Å²) in [6, 6.07) is 10.3. The highest BCUT2D eigenvalue weighted by Crippen LogP contribution is 2.41. The Balaban J connectivity index is 1.48. The second kappa shape index (κ2) is 14.3. The van der Waals surface area contributed by atoms with Gasteiger partial charge < -0.3 is 9.84 Å². The molecule has 13 heteroatoms. The fourth-order valence-electron chi connectivity index (χ4n) is 4.80. The molecule has 0 aliphatic carbocycles. The quantitative estimate of drug-likeness (QED) is 0.234. The number of carbonyl (C=O) groups is 2. The molecule has 2 heterocycles. The molecule has 8 nitrogen and oxygen atoms in total. The summed E-state index contributed by atoms with van der Waals surface area (Å²) in [4.78, 5) is 27.8. The SMILES string of the molecule is CCCCN(C(=O)c1ccccc1Cl)c1nnc(-c2ccc(OCCN3CCC(CC(=O)O)CC3)cc2C(F)(F)F)s1. The first-order chi connectivity index (χ1) is 20.1. The molecule has 0 saturated carbocycles. The first-order valence-corrected chi connectivity index (χ1v) is 14.9. The third-order valence-corrected chi connectivity index (χ3v) is 8.41. The zero-order valence-corrected chi connectivity index (χ0v) is 24.6. The van der Waals surface area contributed by atoms with Gasteiger partial charge in [-0.25, -0.2) is 0 Å². The smallest absolute Gasteiger partial charge is 0.417 e. The number of hydrogen-bond donors (Lipinski definition) is 1. The minimum absolute atomic E-state index is 0.0292. The number of ether oxygens (including phenoxy) is 1. The number of benzene rings is 2. The standard InChI is InChI=1S/C29H32ClF3N4O4S/c1-2-3-12-37(27(40)22-6-4-5-7-24(22)30)28-35-34-26(42-28)21-9-8-20(18-23(21)29(31,32)33)41-16-15-36-13-10-19(11-14-36)17-25(38)39/h4-9,18-19H,2-3,10-17H2,1H3,(H,38,39). The molecule has 0 atom stereocenters. The molecule has 0 spiro atoms. The summed E-state index contributed by atoms with van der Waals surface area (Å²) >= 11 is 7.14. The van der Waals surface area contributed by atoms with E-state index in [-0.39, 0.29) is 51.0 Å². The summed E-state index contributed by atoms with van der Waals surface area (Å²) in [5.74, 6) is -0.974. The normalized spacial score (nSPS) is 14.6. The van der Waals surface area contributed by atoms with Gasteiger partial charge in [-0.05, 0) is 68.6 Å². The lowest BCUT2D eigenvalue weighted by Crippen LogP contribution is -2.37. The molecular formula is C29H32ClF3N4O4S. The van der Waals surface area contributed by atoms with E-state index in [1.807, 2.05) is 6.92 Å². The molecule has 2 aromatic carbocycles. The molecular weight excluding hydrogens is 593 g/mol. The van der Waals surface area contributed by atoms with E-state index in [9.17, 15) is 22.8 Å². The van der Waals surface area contributed by atoms with Crippen molar-refractivity contribution in [1.82, 2.24) is 15.1 Å². The number of anilines is 1. The highest BCUT2D eigenvalue weighted by Gasteiger charge is 2.36. The van der Waals surface area contributed by atoms with Gasteiger partial charge in [0.05, 0.1) is 16.1 Å². The van der Waals surface area contributed by atoms with E-state index in [0.717, 1.165) is 49.8 Å². The van der Waals surface area contributed by atoms with E-state index < -0.39 is 23.6 Å². The van der Waals surface area contributed by atoms with Crippen LogP contribution in [0.15, 0.2) is 42.5 Å². The van der Waals surface area contributed by atoms with Crippen molar-refractivity contribution in [3.8, 4) is 16.3 Å². The average Bonchev–Trinajstić information content (AvgIpc) is 3.43. The number of aromatic nitrogens is 2. The number of carbonyl (C=O) groups excluding carboxylic acids is 1. The fraction of sp³-hybridized carbons (Fsp3) is 0.448. The van der Waals surface area contributed by atoms with Crippen molar-refractivity contribution in [2.75, 3.05) is 37.7 Å². The van der Waals surface area contributed by atoms with Gasteiger partial charge in [-0.1, -0.05) is 48.4 Å². The Morgan fingerprint density at radius 3 is 2.57 bits per heavy atom.